The molecule has 0 spiro atoms. The van der Waals surface area contributed by atoms with Crippen molar-refractivity contribution in [3.05, 3.63) is 134 Å². The van der Waals surface area contributed by atoms with Crippen molar-refractivity contribution >= 4 is 17.9 Å². The molecule has 6 heteroatoms. The van der Waals surface area contributed by atoms with Crippen molar-refractivity contribution in [2.24, 2.45) is 0 Å². The van der Waals surface area contributed by atoms with E-state index in [0.717, 1.165) is 161 Å². The van der Waals surface area contributed by atoms with Crippen LogP contribution < -0.4 is 0 Å². The first-order valence-corrected chi connectivity index (χ1v) is 31.7. The molecule has 0 aromatic carbocycles. The summed E-state index contributed by atoms with van der Waals surface area (Å²) in [6.07, 6.45) is 90.2. The summed E-state index contributed by atoms with van der Waals surface area (Å²) in [6.45, 7) is 6.41. The number of esters is 3. The molecule has 0 aliphatic carbocycles. The highest BCUT2D eigenvalue weighted by molar-refractivity contribution is 5.71. The van der Waals surface area contributed by atoms with Gasteiger partial charge in [0.15, 0.2) is 6.10 Å². The van der Waals surface area contributed by atoms with Crippen LogP contribution in [0.1, 0.15) is 278 Å². The van der Waals surface area contributed by atoms with Crippen LogP contribution in [0, 0.1) is 0 Å². The molecule has 0 amide bonds. The van der Waals surface area contributed by atoms with Crippen molar-refractivity contribution < 1.29 is 28.6 Å². The second-order valence-corrected chi connectivity index (χ2v) is 20.6. The molecule has 0 saturated carbocycles. The van der Waals surface area contributed by atoms with Crippen LogP contribution in [0.5, 0.6) is 0 Å². The Morgan fingerprint density at radius 3 is 0.844 bits per heavy atom. The van der Waals surface area contributed by atoms with Crippen LogP contribution >= 0.6 is 0 Å². The summed E-state index contributed by atoms with van der Waals surface area (Å²) in [4.78, 5) is 38.3. The lowest BCUT2D eigenvalue weighted by Gasteiger charge is -2.18. The summed E-state index contributed by atoms with van der Waals surface area (Å²) in [7, 11) is 0. The highest BCUT2D eigenvalue weighted by atomic mass is 16.6. The fraction of sp³-hybridized carbons (Fsp3) is 0.648. The Labute approximate surface area is 475 Å². The molecule has 1 unspecified atom stereocenters. The van der Waals surface area contributed by atoms with Crippen molar-refractivity contribution in [3.8, 4) is 0 Å². The molecule has 0 radical (unpaired) electrons. The van der Waals surface area contributed by atoms with Crippen LogP contribution in [-0.4, -0.2) is 37.2 Å². The van der Waals surface area contributed by atoms with E-state index < -0.39 is 6.10 Å². The number of hydrogen-bond donors (Lipinski definition) is 0. The molecule has 0 aliphatic rings. The van der Waals surface area contributed by atoms with Crippen LogP contribution in [0.25, 0.3) is 0 Å². The van der Waals surface area contributed by atoms with Gasteiger partial charge in [0, 0.05) is 19.3 Å². The Balaban J connectivity index is 4.40. The first-order chi connectivity index (χ1) is 38.0. The molecule has 1 atom stereocenters. The van der Waals surface area contributed by atoms with Gasteiger partial charge in [-0.05, 0) is 135 Å². The SMILES string of the molecule is CC/C=C\C/C=C\C/C=C\C/C=C\C/C=C\C/C=C\C/C=C\CCCCCCCC(=O)OCC(COC(=O)CCCCCCC/C=C\C/C=C\CCC)OC(=O)CCCCCCCCCCC/C=C\C/C=C\CCCCC. The van der Waals surface area contributed by atoms with Crippen LogP contribution in [0.15, 0.2) is 134 Å². The highest BCUT2D eigenvalue weighted by Crippen LogP contribution is 2.15. The predicted octanol–water partition coefficient (Wildman–Crippen LogP) is 21.8. The summed E-state index contributed by atoms with van der Waals surface area (Å²) < 4.78 is 16.9. The van der Waals surface area contributed by atoms with E-state index in [0.29, 0.717) is 19.3 Å². The maximum absolute atomic E-state index is 12.9. The van der Waals surface area contributed by atoms with Gasteiger partial charge in [-0.3, -0.25) is 14.4 Å². The van der Waals surface area contributed by atoms with Gasteiger partial charge in [-0.25, -0.2) is 0 Å². The topological polar surface area (TPSA) is 78.9 Å². The van der Waals surface area contributed by atoms with Crippen LogP contribution in [0.2, 0.25) is 0 Å². The molecule has 0 N–H and O–H groups in total. The van der Waals surface area contributed by atoms with E-state index in [9.17, 15) is 14.4 Å². The van der Waals surface area contributed by atoms with E-state index >= 15 is 0 Å². The van der Waals surface area contributed by atoms with Crippen LogP contribution in [-0.2, 0) is 28.6 Å². The molecule has 0 heterocycles. The smallest absolute Gasteiger partial charge is 0.306 e. The Bertz CT molecular complexity index is 1650. The lowest BCUT2D eigenvalue weighted by atomic mass is 10.1. The lowest BCUT2D eigenvalue weighted by Crippen LogP contribution is -2.30. The minimum atomic E-state index is -0.800. The fourth-order valence-electron chi connectivity index (χ4n) is 8.37. The van der Waals surface area contributed by atoms with Gasteiger partial charge in [0.25, 0.3) is 0 Å². The zero-order valence-corrected chi connectivity index (χ0v) is 49.9. The quantitative estimate of drug-likeness (QED) is 0.0261. The largest absolute Gasteiger partial charge is 0.462 e. The van der Waals surface area contributed by atoms with Crippen molar-refractivity contribution in [1.82, 2.24) is 0 Å². The molecular formula is C71H116O6. The van der Waals surface area contributed by atoms with E-state index in [-0.39, 0.29) is 31.1 Å². The third kappa shape index (κ3) is 62.3. The van der Waals surface area contributed by atoms with Crippen LogP contribution in [0.3, 0.4) is 0 Å². The number of carbonyl (C=O) groups excluding carboxylic acids is 3. The van der Waals surface area contributed by atoms with Gasteiger partial charge in [0.05, 0.1) is 0 Å². The molecule has 0 aliphatic heterocycles. The average molecular weight is 1070 g/mol. The molecule has 0 bridgehead atoms. The fourth-order valence-corrected chi connectivity index (χ4v) is 8.37. The molecule has 77 heavy (non-hydrogen) atoms. The van der Waals surface area contributed by atoms with Crippen molar-refractivity contribution in [2.75, 3.05) is 13.2 Å². The number of unbranched alkanes of at least 4 members (excludes halogenated alkanes) is 23. The number of rotatable bonds is 56. The zero-order valence-electron chi connectivity index (χ0n) is 49.9. The minimum Gasteiger partial charge on any atom is -0.462 e. The first kappa shape index (κ1) is 72.5. The Hall–Kier alpha value is -4.45. The summed E-state index contributed by atoms with van der Waals surface area (Å²) in [5.74, 6) is -0.932. The lowest BCUT2D eigenvalue weighted by molar-refractivity contribution is -0.167. The van der Waals surface area contributed by atoms with Gasteiger partial charge in [0.2, 0.25) is 0 Å². The summed E-state index contributed by atoms with van der Waals surface area (Å²) in [6, 6.07) is 0. The summed E-state index contributed by atoms with van der Waals surface area (Å²) in [5.41, 5.74) is 0. The Kier molecular flexibility index (Phi) is 60.4. The normalized spacial score (nSPS) is 13.0. The number of carbonyl (C=O) groups is 3. The van der Waals surface area contributed by atoms with Gasteiger partial charge in [0.1, 0.15) is 13.2 Å². The minimum absolute atomic E-state index is 0.0967. The van der Waals surface area contributed by atoms with Crippen LogP contribution in [0.4, 0.5) is 0 Å². The highest BCUT2D eigenvalue weighted by Gasteiger charge is 2.19. The maximum atomic E-state index is 12.9. The van der Waals surface area contributed by atoms with Gasteiger partial charge in [-0.15, -0.1) is 0 Å². The van der Waals surface area contributed by atoms with E-state index in [1.54, 1.807) is 0 Å². The number of allylic oxidation sites excluding steroid dienone is 22. The molecule has 0 aromatic heterocycles. The van der Waals surface area contributed by atoms with Gasteiger partial charge < -0.3 is 14.2 Å². The second kappa shape index (κ2) is 64.1. The summed E-state index contributed by atoms with van der Waals surface area (Å²) in [5, 5.41) is 0. The van der Waals surface area contributed by atoms with Gasteiger partial charge in [-0.2, -0.15) is 0 Å². The maximum Gasteiger partial charge on any atom is 0.306 e. The number of hydrogen-bond acceptors (Lipinski definition) is 6. The van der Waals surface area contributed by atoms with Gasteiger partial charge in [-0.1, -0.05) is 257 Å². The van der Waals surface area contributed by atoms with Crippen molar-refractivity contribution in [2.45, 2.75) is 284 Å². The van der Waals surface area contributed by atoms with Crippen molar-refractivity contribution in [1.29, 1.82) is 0 Å². The average Bonchev–Trinajstić information content (AvgIpc) is 3.43. The Morgan fingerprint density at radius 1 is 0.273 bits per heavy atom. The van der Waals surface area contributed by atoms with Gasteiger partial charge >= 0.3 is 17.9 Å². The van der Waals surface area contributed by atoms with E-state index in [1.807, 2.05) is 0 Å². The molecule has 0 aromatic rings. The predicted molar refractivity (Wildman–Crippen MR) is 334 cm³/mol. The third-order valence-electron chi connectivity index (χ3n) is 13.1. The molecule has 436 valence electrons. The van der Waals surface area contributed by atoms with E-state index in [4.69, 9.17) is 14.2 Å². The molecular weight excluding hydrogens is 949 g/mol. The molecule has 0 saturated heterocycles. The van der Waals surface area contributed by atoms with E-state index in [2.05, 4.69) is 154 Å². The molecule has 0 fully saturated rings. The monoisotopic (exact) mass is 1060 g/mol. The van der Waals surface area contributed by atoms with Crippen molar-refractivity contribution in [3.63, 3.8) is 0 Å². The standard InChI is InChI=1S/C71H116O6/c1-4-7-10-13-16-19-22-25-27-29-31-32-33-34-35-36-37-38-40-41-43-46-49-52-55-58-61-64-70(73)76-67-68(66-75-69(72)63-60-57-54-51-48-45-24-21-18-15-12-9-6-3)77-71(74)65-62-59-56-53-50-47-44-42-39-30-28-26-23-20-17-14-11-8-5-2/h7,10,12,15-17,19-21,24-28,31-32,34-35,37-38,41,43,68H,4-6,8-9,11,13-14,18,22-23,29-30,33,36,39-40,42,44-67H2,1-3H3/b10-7-,15-12-,19-16-,20-17-,24-21-,27-25-,28-26-,32-31-,35-34-,38-37-,43-41-. The summed E-state index contributed by atoms with van der Waals surface area (Å²) >= 11 is 0. The molecule has 6 nitrogen and oxygen atoms in total. The Morgan fingerprint density at radius 2 is 0.532 bits per heavy atom. The first-order valence-electron chi connectivity index (χ1n) is 31.7. The zero-order chi connectivity index (χ0) is 55.7. The number of ether oxygens (including phenoxy) is 3. The molecule has 0 rings (SSSR count). The second-order valence-electron chi connectivity index (χ2n) is 20.6. The third-order valence-corrected chi connectivity index (χ3v) is 13.1. The van der Waals surface area contributed by atoms with E-state index in [1.165, 1.54) is 77.0 Å².